The summed E-state index contributed by atoms with van der Waals surface area (Å²) >= 11 is 0. The van der Waals surface area contributed by atoms with Crippen molar-refractivity contribution in [1.82, 2.24) is 0 Å². The molecular weight excluding hydrogens is 235 g/mol. The zero-order chi connectivity index (χ0) is 9.19. The first-order valence-electron chi connectivity index (χ1n) is 3.21. The van der Waals surface area contributed by atoms with Gasteiger partial charge in [-0.25, -0.2) is 0 Å². The van der Waals surface area contributed by atoms with Gasteiger partial charge in [-0.1, -0.05) is 17.7 Å². The van der Waals surface area contributed by atoms with Gasteiger partial charge in [0, 0.05) is 15.7 Å². The van der Waals surface area contributed by atoms with Gasteiger partial charge in [0.05, 0.1) is 0 Å². The maximum absolute atomic E-state index is 10.4. The molecule has 68 valence electrons. The van der Waals surface area contributed by atoms with Crippen LogP contribution in [0.25, 0.3) is 0 Å². The molecule has 1 aromatic carbocycles. The molecule has 0 aromatic heterocycles. The van der Waals surface area contributed by atoms with E-state index in [-0.39, 0.29) is 51.4 Å². The van der Waals surface area contributed by atoms with Gasteiger partial charge in [-0.2, -0.15) is 8.42 Å². The molecular formula is C7H9KO3S2. The number of rotatable bonds is 2. The second kappa shape index (κ2) is 5.87. The summed E-state index contributed by atoms with van der Waals surface area (Å²) in [6, 6.07) is 6.86. The molecule has 0 aliphatic heterocycles. The van der Waals surface area contributed by atoms with Gasteiger partial charge in [-0.15, -0.1) is 0 Å². The minimum atomic E-state index is -3.97. The summed E-state index contributed by atoms with van der Waals surface area (Å²) in [6.45, 7) is 1.90. The first-order valence-corrected chi connectivity index (χ1v) is 5.98. The summed E-state index contributed by atoms with van der Waals surface area (Å²) in [6.07, 6.45) is 0. The van der Waals surface area contributed by atoms with E-state index in [1.807, 2.05) is 6.92 Å². The Balaban J connectivity index is 0.00000144. The van der Waals surface area contributed by atoms with Gasteiger partial charge in [0.1, 0.15) is 0 Å². The van der Waals surface area contributed by atoms with Crippen LogP contribution < -0.4 is 0 Å². The molecule has 0 saturated heterocycles. The van der Waals surface area contributed by atoms with Crippen molar-refractivity contribution in [3.05, 3.63) is 29.8 Å². The quantitative estimate of drug-likeness (QED) is 0.483. The van der Waals surface area contributed by atoms with Crippen molar-refractivity contribution in [1.29, 1.82) is 0 Å². The van der Waals surface area contributed by atoms with Crippen molar-refractivity contribution in [3.8, 4) is 0 Å². The Morgan fingerprint density at radius 1 is 1.23 bits per heavy atom. The van der Waals surface area contributed by atoms with Gasteiger partial charge in [-0.05, 0) is 19.1 Å². The third kappa shape index (κ3) is 6.24. The Labute approximate surface area is 124 Å². The molecule has 0 radical (unpaired) electrons. The van der Waals surface area contributed by atoms with E-state index in [0.29, 0.717) is 15.7 Å². The molecule has 3 nitrogen and oxygen atoms in total. The monoisotopic (exact) mass is 244 g/mol. The molecule has 6 heteroatoms. The molecule has 0 atom stereocenters. The van der Waals surface area contributed by atoms with Gasteiger partial charge in [0.2, 0.25) is 0 Å². The molecule has 0 bridgehead atoms. The SMILES string of the molecule is Cc1ccc(SS(=O)(=O)O)cc1.[KH]. The molecule has 0 unspecified atom stereocenters. The maximum atomic E-state index is 10.4. The average molecular weight is 244 g/mol. The first-order chi connectivity index (χ1) is 5.47. The van der Waals surface area contributed by atoms with E-state index in [9.17, 15) is 8.42 Å². The van der Waals surface area contributed by atoms with Gasteiger partial charge >= 0.3 is 60.5 Å². The number of benzene rings is 1. The zero-order valence-corrected chi connectivity index (χ0v) is 8.02. The summed E-state index contributed by atoms with van der Waals surface area (Å²) < 4.78 is 29.3. The van der Waals surface area contributed by atoms with Crippen LogP contribution >= 0.6 is 10.8 Å². The molecule has 13 heavy (non-hydrogen) atoms. The van der Waals surface area contributed by atoms with E-state index >= 15 is 0 Å². The fourth-order valence-corrected chi connectivity index (χ4v) is 2.27. The molecule has 0 aliphatic carbocycles. The van der Waals surface area contributed by atoms with E-state index in [2.05, 4.69) is 0 Å². The van der Waals surface area contributed by atoms with Gasteiger partial charge in [0.25, 0.3) is 0 Å². The number of aryl methyl sites for hydroxylation is 1. The van der Waals surface area contributed by atoms with Crippen LogP contribution in [0, 0.1) is 6.92 Å². The fraction of sp³-hybridized carbons (Fsp3) is 0.143. The fourth-order valence-electron chi connectivity index (χ4n) is 0.715. The van der Waals surface area contributed by atoms with Crippen LogP contribution in [0.2, 0.25) is 0 Å². The van der Waals surface area contributed by atoms with E-state index in [4.69, 9.17) is 4.55 Å². The van der Waals surface area contributed by atoms with Crippen LogP contribution in [-0.2, 0) is 9.15 Å². The van der Waals surface area contributed by atoms with E-state index in [1.54, 1.807) is 24.3 Å². The molecule has 1 aromatic rings. The first kappa shape index (κ1) is 14.1. The Bertz CT molecular complexity index is 358. The van der Waals surface area contributed by atoms with Crippen molar-refractivity contribution in [3.63, 3.8) is 0 Å². The summed E-state index contributed by atoms with van der Waals surface area (Å²) in [5.74, 6) is 0. The third-order valence-electron chi connectivity index (χ3n) is 1.22. The van der Waals surface area contributed by atoms with Crippen LogP contribution in [0.1, 0.15) is 5.56 Å². The minimum absolute atomic E-state index is 0. The Kier molecular flexibility index (Phi) is 6.37. The molecule has 1 rings (SSSR count). The van der Waals surface area contributed by atoms with Crippen LogP contribution in [0.15, 0.2) is 29.2 Å². The van der Waals surface area contributed by atoms with Gasteiger partial charge < -0.3 is 0 Å². The summed E-state index contributed by atoms with van der Waals surface area (Å²) in [5, 5.41) is 0. The van der Waals surface area contributed by atoms with E-state index in [0.717, 1.165) is 5.56 Å². The van der Waals surface area contributed by atoms with Crippen LogP contribution in [0.4, 0.5) is 0 Å². The molecule has 1 N–H and O–H groups in total. The van der Waals surface area contributed by atoms with Crippen molar-refractivity contribution in [2.24, 2.45) is 0 Å². The number of hydrogen-bond donors (Lipinski definition) is 1. The van der Waals surface area contributed by atoms with E-state index < -0.39 is 9.15 Å². The Morgan fingerprint density at radius 2 is 1.69 bits per heavy atom. The van der Waals surface area contributed by atoms with Gasteiger partial charge in [0.15, 0.2) is 0 Å². The molecule has 0 aliphatic rings. The van der Waals surface area contributed by atoms with Crippen LogP contribution in [0.3, 0.4) is 0 Å². The second-order valence-electron chi connectivity index (χ2n) is 2.32. The molecule has 0 fully saturated rings. The normalized spacial score (nSPS) is 10.6. The summed E-state index contributed by atoms with van der Waals surface area (Å²) in [4.78, 5) is 0.517. The van der Waals surface area contributed by atoms with Gasteiger partial charge in [-0.3, -0.25) is 4.55 Å². The molecule has 0 amide bonds. The van der Waals surface area contributed by atoms with Crippen LogP contribution in [0.5, 0.6) is 0 Å². The Morgan fingerprint density at radius 3 is 2.08 bits per heavy atom. The standard InChI is InChI=1S/C7H8O3S2.K.H/c1-6-2-4-7(5-3-6)11-12(8,9)10;;/h2-5H,1H3,(H,8,9,10);;. The van der Waals surface area contributed by atoms with Crippen molar-refractivity contribution in [2.75, 3.05) is 0 Å². The zero-order valence-electron chi connectivity index (χ0n) is 6.39. The van der Waals surface area contributed by atoms with Crippen molar-refractivity contribution >= 4 is 71.3 Å². The summed E-state index contributed by atoms with van der Waals surface area (Å²) in [5.41, 5.74) is 1.05. The predicted molar refractivity (Wildman–Crippen MR) is 55.7 cm³/mol. The van der Waals surface area contributed by atoms with Crippen LogP contribution in [-0.4, -0.2) is 64.4 Å². The topological polar surface area (TPSA) is 54.4 Å². The number of hydrogen-bond acceptors (Lipinski definition) is 3. The molecule has 0 saturated carbocycles. The molecule has 0 spiro atoms. The molecule has 0 heterocycles. The third-order valence-corrected chi connectivity index (χ3v) is 3.11. The van der Waals surface area contributed by atoms with Crippen molar-refractivity contribution in [2.45, 2.75) is 11.8 Å². The second-order valence-corrected chi connectivity index (χ2v) is 5.58. The van der Waals surface area contributed by atoms with E-state index in [1.165, 1.54) is 0 Å². The summed E-state index contributed by atoms with van der Waals surface area (Å²) in [7, 11) is -3.54. The predicted octanol–water partition coefficient (Wildman–Crippen LogP) is 1.24. The Hall–Kier alpha value is 1.12. The average Bonchev–Trinajstić information content (AvgIpc) is 1.91. The van der Waals surface area contributed by atoms with Crippen molar-refractivity contribution < 1.29 is 13.0 Å².